The van der Waals surface area contributed by atoms with Crippen LogP contribution < -0.4 is 10.2 Å². The number of nitrogens with one attached hydrogen (secondary N) is 1. The molecule has 0 amide bonds. The molecular weight excluding hydrogens is 326 g/mol. The minimum atomic E-state index is -0.943. The number of anilines is 1. The number of hydrogen-bond acceptors (Lipinski definition) is 4. The maximum Gasteiger partial charge on any atom is 0.335 e. The van der Waals surface area contributed by atoms with Crippen LogP contribution in [0.15, 0.2) is 36.5 Å². The van der Waals surface area contributed by atoms with Crippen LogP contribution in [0.3, 0.4) is 0 Å². The Kier molecular flexibility index (Phi) is 4.47. The van der Waals surface area contributed by atoms with E-state index in [1.807, 2.05) is 20.2 Å². The topological polar surface area (TPSA) is 65.5 Å². The molecule has 1 aromatic heterocycles. The number of nitrogens with zero attached hydrogens (tertiary/aromatic N) is 2. The first-order valence-corrected chi connectivity index (χ1v) is 8.21. The molecule has 0 unspecified atom stereocenters. The Morgan fingerprint density at radius 2 is 2.04 bits per heavy atom. The number of benzene rings is 1. The highest BCUT2D eigenvalue weighted by molar-refractivity contribution is 6.32. The summed E-state index contributed by atoms with van der Waals surface area (Å²) in [7, 11) is 4.04. The molecule has 1 fully saturated rings. The number of likely N-dealkylation sites (N-methyl/N-ethyl adjacent to an activating group) is 2. The lowest BCUT2D eigenvalue weighted by atomic mass is 10.0. The summed E-state index contributed by atoms with van der Waals surface area (Å²) < 4.78 is 0. The third kappa shape index (κ3) is 3.37. The van der Waals surface area contributed by atoms with E-state index in [9.17, 15) is 4.79 Å². The second-order valence-corrected chi connectivity index (χ2v) is 6.66. The van der Waals surface area contributed by atoms with Gasteiger partial charge >= 0.3 is 5.97 Å². The van der Waals surface area contributed by atoms with Gasteiger partial charge in [-0.3, -0.25) is 0 Å². The van der Waals surface area contributed by atoms with Crippen LogP contribution in [0.5, 0.6) is 0 Å². The van der Waals surface area contributed by atoms with Gasteiger partial charge in [0.2, 0.25) is 0 Å². The summed E-state index contributed by atoms with van der Waals surface area (Å²) >= 11 is 6.25. The van der Waals surface area contributed by atoms with Crippen LogP contribution in [0.4, 0.5) is 5.69 Å². The third-order valence-electron chi connectivity index (χ3n) is 4.63. The Bertz CT molecular complexity index is 757. The highest BCUT2D eigenvalue weighted by atomic mass is 35.5. The standard InChI is InChI=1S/C18H20ClN3O2/c1-20-18(7-8-18)11-22(2)14-9-15(16(19)21-10-14)12-3-5-13(6-4-12)17(23)24/h3-6,9-10,20H,7-8,11H2,1-2H3,(H,23,24). The first-order valence-electron chi connectivity index (χ1n) is 7.83. The normalized spacial score (nSPS) is 15.1. The van der Waals surface area contributed by atoms with Gasteiger partial charge in [-0.15, -0.1) is 0 Å². The van der Waals surface area contributed by atoms with Crippen molar-refractivity contribution >= 4 is 23.3 Å². The average Bonchev–Trinajstić information content (AvgIpc) is 3.35. The Morgan fingerprint density at radius 3 is 2.58 bits per heavy atom. The van der Waals surface area contributed by atoms with E-state index in [1.165, 1.54) is 12.8 Å². The van der Waals surface area contributed by atoms with Crippen molar-refractivity contribution in [3.63, 3.8) is 0 Å². The molecule has 0 radical (unpaired) electrons. The number of aromatic nitrogens is 1. The van der Waals surface area contributed by atoms with Crippen molar-refractivity contribution in [1.29, 1.82) is 0 Å². The number of aromatic carboxylic acids is 1. The maximum absolute atomic E-state index is 11.0. The van der Waals surface area contributed by atoms with Gasteiger partial charge in [-0.2, -0.15) is 0 Å². The number of pyridine rings is 1. The van der Waals surface area contributed by atoms with E-state index in [-0.39, 0.29) is 11.1 Å². The molecule has 0 atom stereocenters. The Hall–Kier alpha value is -2.11. The molecule has 2 aromatic rings. The van der Waals surface area contributed by atoms with Crippen LogP contribution in [-0.2, 0) is 0 Å². The maximum atomic E-state index is 11.0. The highest BCUT2D eigenvalue weighted by Gasteiger charge is 2.41. The smallest absolute Gasteiger partial charge is 0.335 e. The summed E-state index contributed by atoms with van der Waals surface area (Å²) in [6.45, 7) is 0.907. The largest absolute Gasteiger partial charge is 0.478 e. The summed E-state index contributed by atoms with van der Waals surface area (Å²) in [6.07, 6.45) is 4.12. The number of halogens is 1. The molecule has 5 nitrogen and oxygen atoms in total. The van der Waals surface area contributed by atoms with Gasteiger partial charge in [-0.25, -0.2) is 9.78 Å². The van der Waals surface area contributed by atoms with E-state index in [0.29, 0.717) is 5.15 Å². The molecule has 2 N–H and O–H groups in total. The fourth-order valence-corrected chi connectivity index (χ4v) is 3.04. The highest BCUT2D eigenvalue weighted by Crippen LogP contribution is 2.37. The SMILES string of the molecule is CNC1(CN(C)c2cnc(Cl)c(-c3ccc(C(=O)O)cc3)c2)CC1. The Morgan fingerprint density at radius 1 is 1.38 bits per heavy atom. The van der Waals surface area contributed by atoms with Gasteiger partial charge in [0.05, 0.1) is 17.4 Å². The number of hydrogen-bond donors (Lipinski definition) is 2. The first kappa shape index (κ1) is 16.7. The van der Waals surface area contributed by atoms with E-state index < -0.39 is 5.97 Å². The number of carbonyl (C=O) groups is 1. The zero-order valence-electron chi connectivity index (χ0n) is 13.7. The fraction of sp³-hybridized carbons (Fsp3) is 0.333. The summed E-state index contributed by atoms with van der Waals surface area (Å²) in [4.78, 5) is 17.4. The van der Waals surface area contributed by atoms with E-state index >= 15 is 0 Å². The van der Waals surface area contributed by atoms with Crippen LogP contribution in [-0.4, -0.2) is 42.2 Å². The van der Waals surface area contributed by atoms with Gasteiger partial charge in [0.1, 0.15) is 5.15 Å². The van der Waals surface area contributed by atoms with Crippen LogP contribution in [0.25, 0.3) is 11.1 Å². The van der Waals surface area contributed by atoms with Crippen LogP contribution >= 0.6 is 11.6 Å². The van der Waals surface area contributed by atoms with E-state index in [0.717, 1.165) is 23.4 Å². The molecule has 24 heavy (non-hydrogen) atoms. The predicted molar refractivity (Wildman–Crippen MR) is 95.9 cm³/mol. The minimum absolute atomic E-state index is 0.206. The lowest BCUT2D eigenvalue weighted by molar-refractivity contribution is 0.0697. The van der Waals surface area contributed by atoms with Crippen LogP contribution in [0.2, 0.25) is 5.15 Å². The molecule has 1 saturated carbocycles. The van der Waals surface area contributed by atoms with Gasteiger partial charge in [-0.05, 0) is 43.7 Å². The molecule has 1 heterocycles. The summed E-state index contributed by atoms with van der Waals surface area (Å²) in [5.74, 6) is -0.943. The quantitative estimate of drug-likeness (QED) is 0.786. The molecule has 0 aliphatic heterocycles. The van der Waals surface area contributed by atoms with Gasteiger partial charge in [0.25, 0.3) is 0 Å². The lowest BCUT2D eigenvalue weighted by Gasteiger charge is -2.25. The van der Waals surface area contributed by atoms with Gasteiger partial charge in [0, 0.05) is 24.7 Å². The number of carboxylic acid groups (broad SMARTS) is 1. The Balaban J connectivity index is 1.87. The minimum Gasteiger partial charge on any atom is -0.478 e. The fourth-order valence-electron chi connectivity index (χ4n) is 2.82. The van der Waals surface area contributed by atoms with Gasteiger partial charge < -0.3 is 15.3 Å². The molecule has 1 aliphatic carbocycles. The predicted octanol–water partition coefficient (Wildman–Crippen LogP) is 3.29. The van der Waals surface area contributed by atoms with Crippen molar-refractivity contribution < 1.29 is 9.90 Å². The lowest BCUT2D eigenvalue weighted by Crippen LogP contribution is -2.39. The summed E-state index contributed by atoms with van der Waals surface area (Å²) in [5, 5.41) is 12.8. The molecule has 1 aromatic carbocycles. The second-order valence-electron chi connectivity index (χ2n) is 6.30. The van der Waals surface area contributed by atoms with E-state index in [2.05, 4.69) is 15.2 Å². The van der Waals surface area contributed by atoms with Gasteiger partial charge in [0.15, 0.2) is 0 Å². The van der Waals surface area contributed by atoms with Crippen LogP contribution in [0.1, 0.15) is 23.2 Å². The van der Waals surface area contributed by atoms with Crippen molar-refractivity contribution in [3.8, 4) is 11.1 Å². The molecule has 0 bridgehead atoms. The van der Waals surface area contributed by atoms with Crippen molar-refractivity contribution in [2.75, 3.05) is 25.5 Å². The molecule has 3 rings (SSSR count). The van der Waals surface area contributed by atoms with Crippen molar-refractivity contribution in [2.45, 2.75) is 18.4 Å². The van der Waals surface area contributed by atoms with E-state index in [4.69, 9.17) is 16.7 Å². The van der Waals surface area contributed by atoms with Crippen molar-refractivity contribution in [2.24, 2.45) is 0 Å². The summed E-state index contributed by atoms with van der Waals surface area (Å²) in [5.41, 5.74) is 3.09. The number of rotatable bonds is 6. The monoisotopic (exact) mass is 345 g/mol. The van der Waals surface area contributed by atoms with Crippen LogP contribution in [0, 0.1) is 0 Å². The zero-order valence-corrected chi connectivity index (χ0v) is 14.5. The third-order valence-corrected chi connectivity index (χ3v) is 4.93. The zero-order chi connectivity index (χ0) is 17.3. The van der Waals surface area contributed by atoms with Crippen molar-refractivity contribution in [1.82, 2.24) is 10.3 Å². The Labute approximate surface area is 146 Å². The molecule has 0 spiro atoms. The molecule has 126 valence electrons. The average molecular weight is 346 g/mol. The van der Waals surface area contributed by atoms with Crippen molar-refractivity contribution in [3.05, 3.63) is 47.2 Å². The molecule has 6 heteroatoms. The number of carboxylic acids is 1. The summed E-state index contributed by atoms with van der Waals surface area (Å²) in [6, 6.07) is 8.66. The second kappa shape index (κ2) is 6.42. The van der Waals surface area contributed by atoms with E-state index in [1.54, 1.807) is 30.5 Å². The van der Waals surface area contributed by atoms with Gasteiger partial charge in [-0.1, -0.05) is 23.7 Å². The molecule has 0 saturated heterocycles. The first-order chi connectivity index (χ1) is 11.4. The molecular formula is C18H20ClN3O2. The molecule has 1 aliphatic rings.